The van der Waals surface area contributed by atoms with Gasteiger partial charge in [0, 0.05) is 6.07 Å². The van der Waals surface area contributed by atoms with Gasteiger partial charge in [-0.3, -0.25) is 14.9 Å². The van der Waals surface area contributed by atoms with Crippen molar-refractivity contribution in [1.29, 1.82) is 0 Å². The van der Waals surface area contributed by atoms with Crippen LogP contribution in [0.1, 0.15) is 46.8 Å². The number of nitrogens with zero attached hydrogens (tertiary/aromatic N) is 2. The molecule has 25 heavy (non-hydrogen) atoms. The predicted octanol–water partition coefficient (Wildman–Crippen LogP) is 3.63. The van der Waals surface area contributed by atoms with E-state index in [2.05, 4.69) is 22.7 Å². The van der Waals surface area contributed by atoms with Gasteiger partial charge < -0.3 is 0 Å². The number of carbonyl (C=O) groups excluding carboxylic acids is 1. The Kier molecular flexibility index (Phi) is 4.88. The van der Waals surface area contributed by atoms with Crippen LogP contribution in [0.2, 0.25) is 0 Å². The number of nitrogens with one attached hydrogen (secondary N) is 1. The lowest BCUT2D eigenvalue weighted by molar-refractivity contribution is -0.385. The normalized spacial score (nSPS) is 13.9. The molecule has 128 valence electrons. The van der Waals surface area contributed by atoms with Crippen molar-refractivity contribution in [3.63, 3.8) is 0 Å². The van der Waals surface area contributed by atoms with E-state index in [9.17, 15) is 14.9 Å². The van der Waals surface area contributed by atoms with Crippen molar-refractivity contribution in [1.82, 2.24) is 5.43 Å². The molecule has 3 rings (SSSR count). The zero-order chi connectivity index (χ0) is 17.8. The molecule has 0 saturated carbocycles. The second kappa shape index (κ2) is 7.25. The Labute approximate surface area is 145 Å². The third-order valence-electron chi connectivity index (χ3n) is 4.44. The average molecular weight is 337 g/mol. The molecule has 0 heterocycles. The molecule has 0 bridgehead atoms. The number of nitro benzene ring substituents is 1. The predicted molar refractivity (Wildman–Crippen MR) is 95.9 cm³/mol. The minimum Gasteiger partial charge on any atom is -0.267 e. The van der Waals surface area contributed by atoms with E-state index in [0.717, 1.165) is 18.4 Å². The molecule has 1 aliphatic rings. The SMILES string of the molecule is C/C(=N\NC(=O)c1ccccc1[N+](=O)[O-])c1ccc2c(c1)CCCC2. The minimum atomic E-state index is -0.593. The Morgan fingerprint density at radius 1 is 1.12 bits per heavy atom. The molecular formula is C19H19N3O3. The molecule has 6 heteroatoms. The highest BCUT2D eigenvalue weighted by molar-refractivity contribution is 6.02. The molecule has 1 amide bonds. The van der Waals surface area contributed by atoms with Crippen molar-refractivity contribution in [3.05, 3.63) is 74.8 Å². The van der Waals surface area contributed by atoms with Gasteiger partial charge >= 0.3 is 0 Å². The third kappa shape index (κ3) is 3.74. The molecule has 2 aromatic carbocycles. The van der Waals surface area contributed by atoms with Crippen molar-refractivity contribution in [2.45, 2.75) is 32.6 Å². The van der Waals surface area contributed by atoms with Crippen molar-refractivity contribution in [3.8, 4) is 0 Å². The molecular weight excluding hydrogens is 318 g/mol. The lowest BCUT2D eigenvalue weighted by Crippen LogP contribution is -2.20. The summed E-state index contributed by atoms with van der Waals surface area (Å²) in [5.74, 6) is -0.593. The van der Waals surface area contributed by atoms with Crippen LogP contribution in [0.3, 0.4) is 0 Å². The van der Waals surface area contributed by atoms with Crippen molar-refractivity contribution in [2.24, 2.45) is 5.10 Å². The minimum absolute atomic E-state index is 0.00510. The number of nitro groups is 1. The third-order valence-corrected chi connectivity index (χ3v) is 4.44. The van der Waals surface area contributed by atoms with E-state index in [1.54, 1.807) is 6.07 Å². The van der Waals surface area contributed by atoms with Crippen LogP contribution in [-0.4, -0.2) is 16.5 Å². The first-order valence-electron chi connectivity index (χ1n) is 8.26. The summed E-state index contributed by atoms with van der Waals surface area (Å²) in [7, 11) is 0. The maximum atomic E-state index is 12.2. The molecule has 0 atom stereocenters. The molecule has 2 aromatic rings. The fourth-order valence-electron chi connectivity index (χ4n) is 3.04. The molecule has 0 fully saturated rings. The van der Waals surface area contributed by atoms with Gasteiger partial charge in [0.25, 0.3) is 11.6 Å². The first-order valence-corrected chi connectivity index (χ1v) is 8.26. The molecule has 0 radical (unpaired) electrons. The molecule has 0 aliphatic heterocycles. The van der Waals surface area contributed by atoms with Gasteiger partial charge in [-0.25, -0.2) is 5.43 Å². The van der Waals surface area contributed by atoms with Gasteiger partial charge in [-0.1, -0.05) is 24.3 Å². The fourth-order valence-corrected chi connectivity index (χ4v) is 3.04. The van der Waals surface area contributed by atoms with Crippen LogP contribution >= 0.6 is 0 Å². The number of carbonyl (C=O) groups is 1. The van der Waals surface area contributed by atoms with Crippen LogP contribution in [0.5, 0.6) is 0 Å². The number of hydrazone groups is 1. The summed E-state index contributed by atoms with van der Waals surface area (Å²) >= 11 is 0. The number of amides is 1. The summed E-state index contributed by atoms with van der Waals surface area (Å²) in [5.41, 5.74) is 6.51. The standard InChI is InChI=1S/C19H19N3O3/c1-13(15-11-10-14-6-2-3-7-16(14)12-15)20-21-19(23)17-8-4-5-9-18(17)22(24)25/h4-5,8-12H,2-3,6-7H2,1H3,(H,21,23)/b20-13+. The summed E-state index contributed by atoms with van der Waals surface area (Å²) in [6.45, 7) is 1.81. The Bertz CT molecular complexity index is 859. The van der Waals surface area contributed by atoms with E-state index < -0.39 is 10.8 Å². The van der Waals surface area contributed by atoms with Gasteiger partial charge in [-0.05, 0) is 61.4 Å². The first kappa shape index (κ1) is 16.8. The van der Waals surface area contributed by atoms with E-state index in [0.29, 0.717) is 5.71 Å². The van der Waals surface area contributed by atoms with Crippen molar-refractivity contribution >= 4 is 17.3 Å². The molecule has 0 unspecified atom stereocenters. The second-order valence-electron chi connectivity index (χ2n) is 6.10. The Morgan fingerprint density at radius 2 is 1.84 bits per heavy atom. The van der Waals surface area contributed by atoms with E-state index in [-0.39, 0.29) is 11.3 Å². The first-order chi connectivity index (χ1) is 12.1. The van der Waals surface area contributed by atoms with E-state index in [1.807, 2.05) is 13.0 Å². The molecule has 0 saturated heterocycles. The van der Waals surface area contributed by atoms with E-state index >= 15 is 0 Å². The molecule has 0 spiro atoms. The topological polar surface area (TPSA) is 84.6 Å². The highest BCUT2D eigenvalue weighted by Gasteiger charge is 2.19. The van der Waals surface area contributed by atoms with E-state index in [4.69, 9.17) is 0 Å². The van der Waals surface area contributed by atoms with Crippen LogP contribution in [0.25, 0.3) is 0 Å². The maximum Gasteiger partial charge on any atom is 0.282 e. The summed E-state index contributed by atoms with van der Waals surface area (Å²) < 4.78 is 0. The van der Waals surface area contributed by atoms with Crippen LogP contribution in [0.4, 0.5) is 5.69 Å². The Balaban J connectivity index is 1.78. The number of benzene rings is 2. The molecule has 1 N–H and O–H groups in total. The van der Waals surface area contributed by atoms with Crippen molar-refractivity contribution < 1.29 is 9.72 Å². The van der Waals surface area contributed by atoms with E-state index in [1.165, 1.54) is 42.2 Å². The average Bonchev–Trinajstić information content (AvgIpc) is 2.65. The largest absolute Gasteiger partial charge is 0.282 e. The number of fused-ring (bicyclic) bond motifs is 1. The van der Waals surface area contributed by atoms with Crippen LogP contribution in [-0.2, 0) is 12.8 Å². The van der Waals surface area contributed by atoms with Gasteiger partial charge in [0.2, 0.25) is 0 Å². The molecule has 6 nitrogen and oxygen atoms in total. The highest BCUT2D eigenvalue weighted by Crippen LogP contribution is 2.22. The lowest BCUT2D eigenvalue weighted by Gasteiger charge is -2.16. The number of hydrogen-bond acceptors (Lipinski definition) is 4. The summed E-state index contributed by atoms with van der Waals surface area (Å²) in [4.78, 5) is 22.7. The Hall–Kier alpha value is -3.02. The maximum absolute atomic E-state index is 12.2. The highest BCUT2D eigenvalue weighted by atomic mass is 16.6. The fraction of sp³-hybridized carbons (Fsp3) is 0.263. The van der Waals surface area contributed by atoms with Crippen molar-refractivity contribution in [2.75, 3.05) is 0 Å². The summed E-state index contributed by atoms with van der Waals surface area (Å²) in [6, 6.07) is 12.1. The number of aryl methyl sites for hydroxylation is 2. The zero-order valence-electron chi connectivity index (χ0n) is 14.0. The summed E-state index contributed by atoms with van der Waals surface area (Å²) in [6.07, 6.45) is 4.60. The van der Waals surface area contributed by atoms with Gasteiger partial charge in [0.15, 0.2) is 0 Å². The number of rotatable bonds is 4. The van der Waals surface area contributed by atoms with Crippen LogP contribution in [0.15, 0.2) is 47.6 Å². The van der Waals surface area contributed by atoms with Crippen LogP contribution in [0, 0.1) is 10.1 Å². The molecule has 0 aromatic heterocycles. The summed E-state index contributed by atoms with van der Waals surface area (Å²) in [5, 5.41) is 15.1. The number of hydrogen-bond donors (Lipinski definition) is 1. The monoisotopic (exact) mass is 337 g/mol. The zero-order valence-corrected chi connectivity index (χ0v) is 14.0. The molecule has 1 aliphatic carbocycles. The van der Waals surface area contributed by atoms with Crippen LogP contribution < -0.4 is 5.43 Å². The van der Waals surface area contributed by atoms with Gasteiger partial charge in [0.1, 0.15) is 5.56 Å². The van der Waals surface area contributed by atoms with Gasteiger partial charge in [-0.2, -0.15) is 5.10 Å². The quantitative estimate of drug-likeness (QED) is 0.525. The number of para-hydroxylation sites is 1. The smallest absolute Gasteiger partial charge is 0.267 e. The van der Waals surface area contributed by atoms with Gasteiger partial charge in [0.05, 0.1) is 10.6 Å². The second-order valence-corrected chi connectivity index (χ2v) is 6.10. The lowest BCUT2D eigenvalue weighted by atomic mass is 9.90. The van der Waals surface area contributed by atoms with Gasteiger partial charge in [-0.15, -0.1) is 0 Å². The Morgan fingerprint density at radius 3 is 2.60 bits per heavy atom.